The summed E-state index contributed by atoms with van der Waals surface area (Å²) in [5.41, 5.74) is 6.21. The second kappa shape index (κ2) is 4.28. The van der Waals surface area contributed by atoms with Crippen LogP contribution in [0.5, 0.6) is 0 Å². The molecule has 0 aliphatic carbocycles. The van der Waals surface area contributed by atoms with Gasteiger partial charge in [-0.05, 0) is 19.9 Å². The molecule has 0 spiro atoms. The average Bonchev–Trinajstić information content (AvgIpc) is 2.48. The minimum absolute atomic E-state index is 0.0174. The van der Waals surface area contributed by atoms with Gasteiger partial charge in [0.25, 0.3) is 5.91 Å². The monoisotopic (exact) mass is 196 g/mol. The van der Waals surface area contributed by atoms with E-state index in [1.54, 1.807) is 24.9 Å². The molecule has 78 valence electrons. The number of hydrogen-bond donors (Lipinski definition) is 1. The zero-order chi connectivity index (χ0) is 10.7. The van der Waals surface area contributed by atoms with Crippen molar-refractivity contribution in [1.29, 1.82) is 0 Å². The van der Waals surface area contributed by atoms with Crippen molar-refractivity contribution >= 4 is 5.91 Å². The van der Waals surface area contributed by atoms with Crippen LogP contribution in [0.15, 0.2) is 16.7 Å². The Hall–Kier alpha value is -1.29. The van der Waals surface area contributed by atoms with Gasteiger partial charge in [0.2, 0.25) is 0 Å². The molecule has 0 saturated carbocycles. The van der Waals surface area contributed by atoms with E-state index >= 15 is 0 Å². The molecule has 0 aromatic carbocycles. The Labute approximate surface area is 83.7 Å². The highest BCUT2D eigenvalue weighted by atomic mass is 16.3. The molecule has 1 unspecified atom stereocenters. The lowest BCUT2D eigenvalue weighted by atomic mass is 10.2. The normalized spacial score (nSPS) is 12.6. The number of nitrogens with two attached hydrogens (primary N) is 1. The number of rotatable bonds is 3. The number of aryl methyl sites for hydroxylation is 1. The molecule has 1 aromatic heterocycles. The summed E-state index contributed by atoms with van der Waals surface area (Å²) in [6, 6.07) is 1.66. The van der Waals surface area contributed by atoms with Crippen LogP contribution in [-0.2, 0) is 0 Å². The topological polar surface area (TPSA) is 59.5 Å². The summed E-state index contributed by atoms with van der Waals surface area (Å²) in [4.78, 5) is 13.4. The van der Waals surface area contributed by atoms with Gasteiger partial charge in [0.15, 0.2) is 0 Å². The largest absolute Gasteiger partial charge is 0.469 e. The number of nitrogens with zero attached hydrogens (tertiary/aromatic N) is 1. The third-order valence-electron chi connectivity index (χ3n) is 2.00. The summed E-state index contributed by atoms with van der Waals surface area (Å²) in [5, 5.41) is 0. The van der Waals surface area contributed by atoms with Gasteiger partial charge in [-0.3, -0.25) is 4.79 Å². The SMILES string of the molecule is Cc1occc1C(=O)N(C)CC(C)N. The van der Waals surface area contributed by atoms with E-state index in [0.717, 1.165) is 0 Å². The molecule has 0 bridgehead atoms. The van der Waals surface area contributed by atoms with Gasteiger partial charge in [0, 0.05) is 19.6 Å². The Balaban J connectivity index is 2.71. The van der Waals surface area contributed by atoms with Crippen LogP contribution in [0.1, 0.15) is 23.0 Å². The fourth-order valence-corrected chi connectivity index (χ4v) is 1.33. The lowest BCUT2D eigenvalue weighted by molar-refractivity contribution is 0.0787. The quantitative estimate of drug-likeness (QED) is 0.784. The maximum Gasteiger partial charge on any atom is 0.257 e. The highest BCUT2D eigenvalue weighted by Gasteiger charge is 2.16. The van der Waals surface area contributed by atoms with E-state index in [1.165, 1.54) is 6.26 Å². The molecule has 4 heteroatoms. The minimum atomic E-state index is -0.0476. The fraction of sp³-hybridized carbons (Fsp3) is 0.500. The molecule has 1 aromatic rings. The van der Waals surface area contributed by atoms with Crippen molar-refractivity contribution in [2.75, 3.05) is 13.6 Å². The van der Waals surface area contributed by atoms with Crippen molar-refractivity contribution in [3.63, 3.8) is 0 Å². The van der Waals surface area contributed by atoms with Crippen LogP contribution in [0.4, 0.5) is 0 Å². The van der Waals surface area contributed by atoms with Crippen molar-refractivity contribution in [2.24, 2.45) is 5.73 Å². The van der Waals surface area contributed by atoms with E-state index in [0.29, 0.717) is 17.9 Å². The van der Waals surface area contributed by atoms with E-state index in [-0.39, 0.29) is 11.9 Å². The lowest BCUT2D eigenvalue weighted by Crippen LogP contribution is -2.37. The van der Waals surface area contributed by atoms with Gasteiger partial charge in [0.05, 0.1) is 11.8 Å². The predicted octanol–water partition coefficient (Wildman–Crippen LogP) is 1.01. The first-order chi connectivity index (χ1) is 6.52. The Morgan fingerprint density at radius 3 is 2.79 bits per heavy atom. The molecule has 1 rings (SSSR count). The van der Waals surface area contributed by atoms with Gasteiger partial charge >= 0.3 is 0 Å². The van der Waals surface area contributed by atoms with Crippen LogP contribution >= 0.6 is 0 Å². The molecular formula is C10H16N2O2. The van der Waals surface area contributed by atoms with Gasteiger partial charge in [0.1, 0.15) is 5.76 Å². The van der Waals surface area contributed by atoms with Gasteiger partial charge in [-0.1, -0.05) is 0 Å². The van der Waals surface area contributed by atoms with E-state index in [9.17, 15) is 4.79 Å². The highest BCUT2D eigenvalue weighted by molar-refractivity contribution is 5.94. The highest BCUT2D eigenvalue weighted by Crippen LogP contribution is 2.11. The molecule has 0 radical (unpaired) electrons. The Kier molecular flexibility index (Phi) is 3.30. The third-order valence-corrected chi connectivity index (χ3v) is 2.00. The fourth-order valence-electron chi connectivity index (χ4n) is 1.33. The first kappa shape index (κ1) is 10.8. The predicted molar refractivity (Wildman–Crippen MR) is 54.1 cm³/mol. The smallest absolute Gasteiger partial charge is 0.257 e. The summed E-state index contributed by atoms with van der Waals surface area (Å²) in [5.74, 6) is 0.597. The van der Waals surface area contributed by atoms with Crippen LogP contribution in [0, 0.1) is 6.92 Å². The van der Waals surface area contributed by atoms with Gasteiger partial charge in [-0.2, -0.15) is 0 Å². The van der Waals surface area contributed by atoms with E-state index in [2.05, 4.69) is 0 Å². The first-order valence-electron chi connectivity index (χ1n) is 4.57. The van der Waals surface area contributed by atoms with E-state index in [1.807, 2.05) is 6.92 Å². The first-order valence-corrected chi connectivity index (χ1v) is 4.57. The maximum atomic E-state index is 11.8. The van der Waals surface area contributed by atoms with Crippen LogP contribution in [-0.4, -0.2) is 30.4 Å². The number of carbonyl (C=O) groups excluding carboxylic acids is 1. The van der Waals surface area contributed by atoms with Crippen molar-refractivity contribution in [2.45, 2.75) is 19.9 Å². The molecule has 1 heterocycles. The molecule has 0 fully saturated rings. The van der Waals surface area contributed by atoms with Crippen molar-refractivity contribution in [3.8, 4) is 0 Å². The Morgan fingerprint density at radius 2 is 2.36 bits per heavy atom. The number of carbonyl (C=O) groups is 1. The third kappa shape index (κ3) is 2.35. The van der Waals surface area contributed by atoms with Gasteiger partial charge in [-0.25, -0.2) is 0 Å². The van der Waals surface area contributed by atoms with Gasteiger partial charge in [-0.15, -0.1) is 0 Å². The summed E-state index contributed by atoms with van der Waals surface area (Å²) in [6.45, 7) is 4.18. The minimum Gasteiger partial charge on any atom is -0.469 e. The molecule has 0 aliphatic heterocycles. The molecule has 1 amide bonds. The zero-order valence-corrected chi connectivity index (χ0v) is 8.78. The number of furan rings is 1. The van der Waals surface area contributed by atoms with E-state index in [4.69, 9.17) is 10.2 Å². The van der Waals surface area contributed by atoms with Crippen molar-refractivity contribution < 1.29 is 9.21 Å². The number of hydrogen-bond acceptors (Lipinski definition) is 3. The Bertz CT molecular complexity index is 318. The molecule has 14 heavy (non-hydrogen) atoms. The van der Waals surface area contributed by atoms with E-state index < -0.39 is 0 Å². The zero-order valence-electron chi connectivity index (χ0n) is 8.78. The summed E-state index contributed by atoms with van der Waals surface area (Å²) in [6.07, 6.45) is 1.52. The molecule has 1 atom stereocenters. The van der Waals surface area contributed by atoms with Crippen LogP contribution in [0.3, 0.4) is 0 Å². The Morgan fingerprint density at radius 1 is 1.71 bits per heavy atom. The van der Waals surface area contributed by atoms with Crippen molar-refractivity contribution in [3.05, 3.63) is 23.7 Å². The molecule has 4 nitrogen and oxygen atoms in total. The number of likely N-dealkylation sites (N-methyl/N-ethyl adjacent to an activating group) is 1. The second-order valence-electron chi connectivity index (χ2n) is 3.55. The van der Waals surface area contributed by atoms with Crippen molar-refractivity contribution in [1.82, 2.24) is 4.90 Å². The maximum absolute atomic E-state index is 11.8. The average molecular weight is 196 g/mol. The summed E-state index contributed by atoms with van der Waals surface area (Å²) in [7, 11) is 1.73. The molecule has 0 aliphatic rings. The molecular weight excluding hydrogens is 180 g/mol. The standard InChI is InChI=1S/C10H16N2O2/c1-7(11)6-12(3)10(13)9-4-5-14-8(9)2/h4-5,7H,6,11H2,1-3H3. The van der Waals surface area contributed by atoms with Gasteiger partial charge < -0.3 is 15.1 Å². The van der Waals surface area contributed by atoms with Crippen LogP contribution < -0.4 is 5.73 Å². The molecule has 0 saturated heterocycles. The van der Waals surface area contributed by atoms with Crippen LogP contribution in [0.2, 0.25) is 0 Å². The summed E-state index contributed by atoms with van der Waals surface area (Å²) >= 11 is 0. The van der Waals surface area contributed by atoms with Crippen LogP contribution in [0.25, 0.3) is 0 Å². The lowest BCUT2D eigenvalue weighted by Gasteiger charge is -2.18. The number of amides is 1. The summed E-state index contributed by atoms with van der Waals surface area (Å²) < 4.78 is 5.06. The second-order valence-corrected chi connectivity index (χ2v) is 3.55. The molecule has 2 N–H and O–H groups in total.